The number of ether oxygens (including phenoxy) is 2. The first-order valence-electron chi connectivity index (χ1n) is 6.75. The van der Waals surface area contributed by atoms with Crippen molar-refractivity contribution in [2.24, 2.45) is 0 Å². The maximum atomic E-state index is 12.2. The average Bonchev–Trinajstić information content (AvgIpc) is 2.76. The SMILES string of the molecule is COC(=O)c1[c]([Sn]([CH3])([CH3])[CH3])n[n]([Sn]([CH3])([CH3])[CH3])c1C(=O)OC. The number of hydrogen-bond donors (Lipinski definition) is 0. The van der Waals surface area contributed by atoms with Gasteiger partial charge in [-0.2, -0.15) is 0 Å². The van der Waals surface area contributed by atoms with Crippen LogP contribution < -0.4 is 3.71 Å². The van der Waals surface area contributed by atoms with E-state index in [0.717, 1.165) is 3.71 Å². The van der Waals surface area contributed by atoms with E-state index in [1.807, 2.05) is 0 Å². The number of esters is 2. The molecule has 0 bridgehead atoms. The van der Waals surface area contributed by atoms with Crippen molar-refractivity contribution in [2.45, 2.75) is 29.6 Å². The Kier molecular flexibility index (Phi) is 5.79. The minimum atomic E-state index is -2.76. The van der Waals surface area contributed by atoms with Gasteiger partial charge >= 0.3 is 135 Å². The summed E-state index contributed by atoms with van der Waals surface area (Å²) in [6.45, 7) is 0. The molecule has 0 atom stereocenters. The zero-order chi connectivity index (χ0) is 16.6. The predicted molar refractivity (Wildman–Crippen MR) is 86.6 cm³/mol. The summed E-state index contributed by atoms with van der Waals surface area (Å²) in [6.07, 6.45) is 0. The Morgan fingerprint density at radius 2 is 1.43 bits per heavy atom. The maximum absolute atomic E-state index is 12.2. The molecule has 0 radical (unpaired) electrons. The van der Waals surface area contributed by atoms with Gasteiger partial charge in [-0.15, -0.1) is 0 Å². The van der Waals surface area contributed by atoms with Gasteiger partial charge in [0.2, 0.25) is 0 Å². The van der Waals surface area contributed by atoms with E-state index in [-0.39, 0.29) is 5.69 Å². The Morgan fingerprint density at radius 3 is 1.76 bits per heavy atom. The van der Waals surface area contributed by atoms with Gasteiger partial charge in [0.1, 0.15) is 0 Å². The molecule has 0 unspecified atom stereocenters. The fourth-order valence-electron chi connectivity index (χ4n) is 2.01. The molecule has 0 aromatic carbocycles. The topological polar surface area (TPSA) is 70.4 Å². The van der Waals surface area contributed by atoms with Crippen LogP contribution in [0.25, 0.3) is 0 Å². The van der Waals surface area contributed by atoms with Crippen LogP contribution in [0, 0.1) is 0 Å². The summed E-state index contributed by atoms with van der Waals surface area (Å²) in [7, 11) is 2.64. The van der Waals surface area contributed by atoms with Gasteiger partial charge in [0.25, 0.3) is 0 Å². The van der Waals surface area contributed by atoms with Gasteiger partial charge in [0.05, 0.1) is 0 Å². The van der Waals surface area contributed by atoms with E-state index < -0.39 is 49.0 Å². The first kappa shape index (κ1) is 18.8. The number of carbonyl (C=O) groups excluding carboxylic acids is 2. The van der Waals surface area contributed by atoms with Crippen molar-refractivity contribution in [3.63, 3.8) is 0 Å². The molecule has 0 fully saturated rings. The van der Waals surface area contributed by atoms with Crippen molar-refractivity contribution in [3.8, 4) is 0 Å². The van der Waals surface area contributed by atoms with E-state index in [0.29, 0.717) is 5.56 Å². The van der Waals surface area contributed by atoms with E-state index >= 15 is 0 Å². The van der Waals surface area contributed by atoms with Crippen LogP contribution in [0.1, 0.15) is 20.8 Å². The first-order valence-corrected chi connectivity index (χ1v) is 26.6. The summed E-state index contributed by atoms with van der Waals surface area (Å²) in [5.74, 6) is -1.02. The third kappa shape index (κ3) is 3.94. The molecule has 118 valence electrons. The number of rotatable bonds is 4. The second-order valence-electron chi connectivity index (χ2n) is 6.89. The van der Waals surface area contributed by atoms with Crippen molar-refractivity contribution < 1.29 is 19.1 Å². The van der Waals surface area contributed by atoms with E-state index in [1.54, 1.807) is 2.90 Å². The first-order chi connectivity index (χ1) is 9.45. The van der Waals surface area contributed by atoms with Gasteiger partial charge in [-0.05, 0) is 0 Å². The third-order valence-electron chi connectivity index (χ3n) is 3.00. The monoisotopic (exact) mass is 512 g/mol. The molecule has 0 aliphatic carbocycles. The molecule has 0 aliphatic heterocycles. The van der Waals surface area contributed by atoms with Gasteiger partial charge in [0, 0.05) is 0 Å². The van der Waals surface area contributed by atoms with E-state index in [9.17, 15) is 9.59 Å². The Hall–Kier alpha value is -0.253. The van der Waals surface area contributed by atoms with Crippen LogP contribution in [0.5, 0.6) is 0 Å². The van der Waals surface area contributed by atoms with E-state index in [2.05, 4.69) is 29.6 Å². The van der Waals surface area contributed by atoms with E-state index in [4.69, 9.17) is 14.6 Å². The van der Waals surface area contributed by atoms with Crippen LogP contribution in [0.2, 0.25) is 29.6 Å². The van der Waals surface area contributed by atoms with Gasteiger partial charge < -0.3 is 0 Å². The Morgan fingerprint density at radius 1 is 0.952 bits per heavy atom. The fraction of sp³-hybridized carbons (Fsp3) is 0.615. The minimum absolute atomic E-state index is 0.272. The molecule has 0 amide bonds. The molecule has 1 heterocycles. The van der Waals surface area contributed by atoms with Gasteiger partial charge in [-0.25, -0.2) is 0 Å². The van der Waals surface area contributed by atoms with E-state index in [1.165, 1.54) is 14.2 Å². The molecular weight excluding hydrogens is 486 g/mol. The van der Waals surface area contributed by atoms with Gasteiger partial charge in [-0.1, -0.05) is 0 Å². The van der Waals surface area contributed by atoms with Crippen molar-refractivity contribution >= 4 is 52.7 Å². The summed E-state index contributed by atoms with van der Waals surface area (Å²) in [5.41, 5.74) is 0.591. The molecule has 6 nitrogen and oxygen atoms in total. The fourth-order valence-corrected chi connectivity index (χ4v) is 10.4. The normalized spacial score (nSPS) is 12.2. The molecule has 0 N–H and O–H groups in total. The number of methoxy groups -OCH3 is 2. The number of carbonyl (C=O) groups is 2. The molecule has 1 aromatic rings. The second-order valence-corrected chi connectivity index (χ2v) is 34.7. The van der Waals surface area contributed by atoms with Gasteiger partial charge in [0.15, 0.2) is 0 Å². The van der Waals surface area contributed by atoms with Crippen LogP contribution in [-0.4, -0.2) is 71.2 Å². The zero-order valence-corrected chi connectivity index (χ0v) is 19.7. The molecular formula is C13H24N2O4Sn2. The molecule has 0 spiro atoms. The van der Waals surface area contributed by atoms with Crippen molar-refractivity contribution in [1.29, 1.82) is 0 Å². The summed E-state index contributed by atoms with van der Waals surface area (Å²) in [6, 6.07) is 0. The molecule has 1 rings (SSSR count). The number of aromatic nitrogens is 2. The third-order valence-corrected chi connectivity index (χ3v) is 12.6. The molecule has 8 heteroatoms. The van der Waals surface area contributed by atoms with Crippen LogP contribution in [0.15, 0.2) is 0 Å². The Balaban J connectivity index is 3.82. The zero-order valence-electron chi connectivity index (χ0n) is 14.0. The molecule has 0 saturated heterocycles. The van der Waals surface area contributed by atoms with Crippen molar-refractivity contribution in [2.75, 3.05) is 14.2 Å². The molecule has 1 aromatic heterocycles. The summed E-state index contributed by atoms with van der Waals surface area (Å²) in [5, 5.41) is 4.69. The number of hydrogen-bond acceptors (Lipinski definition) is 5. The Labute approximate surface area is 134 Å². The molecule has 0 aliphatic rings. The number of nitrogens with zero attached hydrogens (tertiary/aromatic N) is 2. The van der Waals surface area contributed by atoms with Crippen molar-refractivity contribution in [3.05, 3.63) is 11.3 Å². The summed E-state index contributed by atoms with van der Waals surface area (Å²) < 4.78 is 12.3. The summed E-state index contributed by atoms with van der Waals surface area (Å²) >= 11 is -5.45. The second kappa shape index (κ2) is 6.47. The van der Waals surface area contributed by atoms with Gasteiger partial charge in [-0.3, -0.25) is 0 Å². The average molecular weight is 510 g/mol. The molecule has 21 heavy (non-hydrogen) atoms. The van der Waals surface area contributed by atoms with Crippen LogP contribution in [-0.2, 0) is 9.47 Å². The van der Waals surface area contributed by atoms with Crippen LogP contribution in [0.3, 0.4) is 0 Å². The summed E-state index contributed by atoms with van der Waals surface area (Å²) in [4.78, 5) is 37.4. The van der Waals surface area contributed by atoms with Crippen LogP contribution >= 0.6 is 0 Å². The quantitative estimate of drug-likeness (QED) is 0.456. The van der Waals surface area contributed by atoms with Crippen LogP contribution in [0.4, 0.5) is 0 Å². The molecule has 0 saturated carbocycles. The van der Waals surface area contributed by atoms with Crippen molar-refractivity contribution in [1.82, 2.24) is 8.00 Å². The standard InChI is InChI=1S/C7H7N2O4.6CH3.2Sn/c1-12-6(10)4-3-8-9-5(4)7(11)13-2;;;;;;;;/h1-2H3,(H,8,9,10,11);6*1H3;;/q;;;;;;;;+1/p-1. The predicted octanol–water partition coefficient (Wildman–Crippen LogP) is 1.68. The Bertz CT molecular complexity index is 519.